The average molecular weight is 233 g/mol. The van der Waals surface area contributed by atoms with Crippen molar-refractivity contribution >= 4 is 0 Å². The summed E-state index contributed by atoms with van der Waals surface area (Å²) in [6.07, 6.45) is 1.66. The maximum atomic E-state index is 13.2. The van der Waals surface area contributed by atoms with Crippen molar-refractivity contribution in [2.45, 2.75) is 18.4 Å². The van der Waals surface area contributed by atoms with E-state index in [1.165, 1.54) is 12.1 Å². The Morgan fingerprint density at radius 1 is 1.71 bits per heavy atom. The van der Waals surface area contributed by atoms with E-state index in [1.807, 2.05) is 0 Å². The Kier molecular flexibility index (Phi) is 2.77. The summed E-state index contributed by atoms with van der Waals surface area (Å²) in [5.41, 5.74) is 8.50. The molecule has 0 fully saturated rings. The molecular weight excluding hydrogens is 221 g/mol. The Balaban J connectivity index is 2.56. The van der Waals surface area contributed by atoms with Gasteiger partial charge in [0.2, 0.25) is 0 Å². The van der Waals surface area contributed by atoms with E-state index in [-0.39, 0.29) is 18.3 Å². The Labute approximate surface area is 98.3 Å². The molecule has 17 heavy (non-hydrogen) atoms. The van der Waals surface area contributed by atoms with Crippen molar-refractivity contribution in [1.82, 2.24) is 0 Å². The van der Waals surface area contributed by atoms with Crippen LogP contribution in [0, 0.1) is 5.82 Å². The van der Waals surface area contributed by atoms with Crippen molar-refractivity contribution in [2.24, 2.45) is 5.11 Å². The first-order chi connectivity index (χ1) is 8.10. The zero-order chi connectivity index (χ0) is 12.5. The molecule has 0 radical (unpaired) electrons. The Bertz CT molecular complexity index is 510. The van der Waals surface area contributed by atoms with Gasteiger partial charge in [-0.25, -0.2) is 4.39 Å². The molecule has 1 aliphatic rings. The van der Waals surface area contributed by atoms with Crippen molar-refractivity contribution in [2.75, 3.05) is 6.61 Å². The number of benzene rings is 1. The highest BCUT2D eigenvalue weighted by atomic mass is 19.1. The van der Waals surface area contributed by atoms with E-state index < -0.39 is 5.54 Å². The lowest BCUT2D eigenvalue weighted by atomic mass is 9.79. The number of hydrogen-bond donors (Lipinski definition) is 0. The topological polar surface area (TPSA) is 58.0 Å². The van der Waals surface area contributed by atoms with Crippen LogP contribution in [-0.2, 0) is 0 Å². The molecule has 0 amide bonds. The number of halogens is 1. The van der Waals surface area contributed by atoms with Gasteiger partial charge in [0.1, 0.15) is 18.2 Å². The molecule has 2 atom stereocenters. The molecule has 1 heterocycles. The van der Waals surface area contributed by atoms with Gasteiger partial charge in [-0.1, -0.05) is 11.2 Å². The summed E-state index contributed by atoms with van der Waals surface area (Å²) in [6, 6.07) is 4.32. The SMILES string of the molecule is C=C[C@H]1c2cc(F)ccc2OCC1(C)N=[N+]=[N-]. The van der Waals surface area contributed by atoms with Crippen LogP contribution >= 0.6 is 0 Å². The normalized spacial score (nSPS) is 26.4. The minimum absolute atomic E-state index is 0.252. The van der Waals surface area contributed by atoms with Crippen LogP contribution in [0.2, 0.25) is 0 Å². The number of rotatable bonds is 2. The summed E-state index contributed by atoms with van der Waals surface area (Å²) in [5.74, 6) is 0.0177. The van der Waals surface area contributed by atoms with Crippen LogP contribution in [0.25, 0.3) is 10.4 Å². The fourth-order valence-electron chi connectivity index (χ4n) is 2.12. The van der Waals surface area contributed by atoms with Crippen molar-refractivity contribution in [3.63, 3.8) is 0 Å². The van der Waals surface area contributed by atoms with Gasteiger partial charge in [0.25, 0.3) is 0 Å². The van der Waals surface area contributed by atoms with E-state index in [0.717, 1.165) is 0 Å². The van der Waals surface area contributed by atoms with Crippen LogP contribution in [0.1, 0.15) is 18.4 Å². The van der Waals surface area contributed by atoms with Crippen molar-refractivity contribution in [1.29, 1.82) is 0 Å². The molecule has 5 heteroatoms. The molecular formula is C12H12FN3O. The Morgan fingerprint density at radius 2 is 2.47 bits per heavy atom. The second kappa shape index (κ2) is 4.11. The first-order valence-electron chi connectivity index (χ1n) is 5.22. The van der Waals surface area contributed by atoms with Gasteiger partial charge in [-0.3, -0.25) is 0 Å². The van der Waals surface area contributed by atoms with E-state index in [9.17, 15) is 4.39 Å². The molecule has 0 aliphatic carbocycles. The summed E-state index contributed by atoms with van der Waals surface area (Å²) in [4.78, 5) is 2.83. The molecule has 1 aromatic carbocycles. The molecule has 0 saturated heterocycles. The van der Waals surface area contributed by atoms with Gasteiger partial charge in [0.05, 0.1) is 5.54 Å². The lowest BCUT2D eigenvalue weighted by Gasteiger charge is -2.37. The Hall–Kier alpha value is -2.00. The molecule has 0 aromatic heterocycles. The molecule has 2 rings (SSSR count). The monoisotopic (exact) mass is 233 g/mol. The van der Waals surface area contributed by atoms with E-state index in [0.29, 0.717) is 11.3 Å². The van der Waals surface area contributed by atoms with Gasteiger partial charge in [0, 0.05) is 16.4 Å². The van der Waals surface area contributed by atoms with Crippen molar-refractivity contribution in [3.8, 4) is 5.75 Å². The van der Waals surface area contributed by atoms with Gasteiger partial charge in [-0.2, -0.15) is 0 Å². The zero-order valence-electron chi connectivity index (χ0n) is 9.43. The highest BCUT2D eigenvalue weighted by molar-refractivity contribution is 5.43. The molecule has 0 N–H and O–H groups in total. The molecule has 4 nitrogen and oxygen atoms in total. The fraction of sp³-hybridized carbons (Fsp3) is 0.333. The third-order valence-electron chi connectivity index (χ3n) is 3.01. The first-order valence-corrected chi connectivity index (χ1v) is 5.22. The number of fused-ring (bicyclic) bond motifs is 1. The number of hydrogen-bond acceptors (Lipinski definition) is 2. The molecule has 0 saturated carbocycles. The second-order valence-corrected chi connectivity index (χ2v) is 4.23. The summed E-state index contributed by atoms with van der Waals surface area (Å²) >= 11 is 0. The maximum absolute atomic E-state index is 13.2. The maximum Gasteiger partial charge on any atom is 0.123 e. The van der Waals surface area contributed by atoms with Crippen LogP contribution in [0.4, 0.5) is 4.39 Å². The lowest BCUT2D eigenvalue weighted by Crippen LogP contribution is -2.39. The van der Waals surface area contributed by atoms with Crippen LogP contribution < -0.4 is 4.74 Å². The molecule has 1 unspecified atom stereocenters. The van der Waals surface area contributed by atoms with Crippen LogP contribution in [0.3, 0.4) is 0 Å². The number of azide groups is 1. The van der Waals surface area contributed by atoms with Crippen LogP contribution in [0.15, 0.2) is 36.0 Å². The second-order valence-electron chi connectivity index (χ2n) is 4.23. The molecule has 0 bridgehead atoms. The summed E-state index contributed by atoms with van der Waals surface area (Å²) in [5, 5.41) is 3.76. The summed E-state index contributed by atoms with van der Waals surface area (Å²) in [6.45, 7) is 5.76. The quantitative estimate of drug-likeness (QED) is 0.333. The van der Waals surface area contributed by atoms with Crippen LogP contribution in [0.5, 0.6) is 5.75 Å². The smallest absolute Gasteiger partial charge is 0.123 e. The van der Waals surface area contributed by atoms with Crippen molar-refractivity contribution in [3.05, 3.63) is 52.7 Å². The first kappa shape index (κ1) is 11.5. The average Bonchev–Trinajstić information content (AvgIpc) is 2.29. The summed E-state index contributed by atoms with van der Waals surface area (Å²) in [7, 11) is 0. The molecule has 1 aromatic rings. The van der Waals surface area contributed by atoms with Gasteiger partial charge in [-0.05, 0) is 30.7 Å². The third kappa shape index (κ3) is 1.85. The van der Waals surface area contributed by atoms with E-state index in [1.54, 1.807) is 19.1 Å². The van der Waals surface area contributed by atoms with Gasteiger partial charge >= 0.3 is 0 Å². The molecule has 1 aliphatic heterocycles. The summed E-state index contributed by atoms with van der Waals surface area (Å²) < 4.78 is 18.7. The largest absolute Gasteiger partial charge is 0.493 e. The Morgan fingerprint density at radius 3 is 3.12 bits per heavy atom. The minimum Gasteiger partial charge on any atom is -0.493 e. The molecule has 88 valence electrons. The van der Waals surface area contributed by atoms with Gasteiger partial charge < -0.3 is 4.74 Å². The number of ether oxygens (including phenoxy) is 1. The standard InChI is InChI=1S/C12H12FN3O/c1-3-10-9-6-8(13)4-5-11(9)17-7-12(10,2)15-16-14/h3-6,10H,1,7H2,2H3/t10-,12?/m0/s1. The van der Waals surface area contributed by atoms with E-state index >= 15 is 0 Å². The molecule has 0 spiro atoms. The number of nitrogens with zero attached hydrogens (tertiary/aromatic N) is 3. The van der Waals surface area contributed by atoms with E-state index in [4.69, 9.17) is 10.3 Å². The van der Waals surface area contributed by atoms with E-state index in [2.05, 4.69) is 16.6 Å². The predicted octanol–water partition coefficient (Wildman–Crippen LogP) is 3.56. The van der Waals surface area contributed by atoms with Gasteiger partial charge in [0.15, 0.2) is 0 Å². The third-order valence-corrected chi connectivity index (χ3v) is 3.01. The highest BCUT2D eigenvalue weighted by Crippen LogP contribution is 2.42. The fourth-order valence-corrected chi connectivity index (χ4v) is 2.12. The lowest BCUT2D eigenvalue weighted by molar-refractivity contribution is 0.189. The zero-order valence-corrected chi connectivity index (χ0v) is 9.43. The van der Waals surface area contributed by atoms with Crippen molar-refractivity contribution < 1.29 is 9.13 Å². The van der Waals surface area contributed by atoms with Crippen LogP contribution in [-0.4, -0.2) is 12.1 Å². The predicted molar refractivity (Wildman–Crippen MR) is 62.4 cm³/mol. The highest BCUT2D eigenvalue weighted by Gasteiger charge is 2.39. The van der Waals surface area contributed by atoms with Gasteiger partial charge in [-0.15, -0.1) is 6.58 Å². The minimum atomic E-state index is -0.767.